The van der Waals surface area contributed by atoms with Crippen LogP contribution in [0.5, 0.6) is 0 Å². The van der Waals surface area contributed by atoms with E-state index in [2.05, 4.69) is 17.4 Å². The molecule has 0 spiro atoms. The second kappa shape index (κ2) is 3.14. The first-order valence-electron chi connectivity index (χ1n) is 5.52. The van der Waals surface area contributed by atoms with Gasteiger partial charge in [-0.3, -0.25) is 0 Å². The second-order valence-corrected chi connectivity index (χ2v) is 4.48. The monoisotopic (exact) mass is 217 g/mol. The molecule has 0 aliphatic carbocycles. The van der Waals surface area contributed by atoms with Crippen LogP contribution < -0.4 is 5.32 Å². The molecule has 0 saturated carbocycles. The summed E-state index contributed by atoms with van der Waals surface area (Å²) >= 11 is 0. The quantitative estimate of drug-likeness (QED) is 0.715. The molecule has 1 N–H and O–H groups in total. The van der Waals surface area contributed by atoms with Gasteiger partial charge in [-0.05, 0) is 11.6 Å². The van der Waals surface area contributed by atoms with E-state index in [9.17, 15) is 4.79 Å². The average Bonchev–Trinajstić information content (AvgIpc) is 2.55. The molecule has 16 heavy (non-hydrogen) atoms. The van der Waals surface area contributed by atoms with E-state index in [-0.39, 0.29) is 18.1 Å². The van der Waals surface area contributed by atoms with Crippen molar-refractivity contribution < 1.29 is 4.79 Å². The van der Waals surface area contributed by atoms with E-state index in [1.54, 1.807) is 0 Å². The lowest BCUT2D eigenvalue weighted by Gasteiger charge is -2.32. The SMILES string of the molecule is CN1C(=O)N(C)C2c3ccccc3NCC21. The van der Waals surface area contributed by atoms with Crippen molar-refractivity contribution in [2.24, 2.45) is 0 Å². The zero-order chi connectivity index (χ0) is 11.3. The Labute approximate surface area is 94.8 Å². The lowest BCUT2D eigenvalue weighted by Crippen LogP contribution is -2.39. The minimum Gasteiger partial charge on any atom is -0.383 e. The van der Waals surface area contributed by atoms with Gasteiger partial charge in [0.05, 0.1) is 12.1 Å². The minimum atomic E-state index is 0.105. The summed E-state index contributed by atoms with van der Waals surface area (Å²) in [6.07, 6.45) is 0. The highest BCUT2D eigenvalue weighted by atomic mass is 16.2. The number of nitrogens with one attached hydrogen (secondary N) is 1. The molecule has 4 heteroatoms. The van der Waals surface area contributed by atoms with E-state index >= 15 is 0 Å². The molecular formula is C12H15N3O. The molecule has 0 bridgehead atoms. The van der Waals surface area contributed by atoms with Crippen molar-refractivity contribution in [3.05, 3.63) is 29.8 Å². The topological polar surface area (TPSA) is 35.6 Å². The number of rotatable bonds is 0. The minimum absolute atomic E-state index is 0.105. The summed E-state index contributed by atoms with van der Waals surface area (Å²) in [4.78, 5) is 15.6. The molecule has 2 amide bonds. The Morgan fingerprint density at radius 3 is 2.81 bits per heavy atom. The number of urea groups is 1. The van der Waals surface area contributed by atoms with Crippen LogP contribution in [0.4, 0.5) is 10.5 Å². The number of likely N-dealkylation sites (N-methyl/N-ethyl adjacent to an activating group) is 2. The van der Waals surface area contributed by atoms with Crippen molar-refractivity contribution in [1.29, 1.82) is 0 Å². The Hall–Kier alpha value is -1.71. The second-order valence-electron chi connectivity index (χ2n) is 4.48. The lowest BCUT2D eigenvalue weighted by atomic mass is 9.94. The molecule has 1 aromatic carbocycles. The summed E-state index contributed by atoms with van der Waals surface area (Å²) in [5.41, 5.74) is 2.37. The highest BCUT2D eigenvalue weighted by molar-refractivity contribution is 5.79. The van der Waals surface area contributed by atoms with E-state index in [1.807, 2.05) is 36.0 Å². The number of anilines is 1. The molecule has 2 unspecified atom stereocenters. The molecule has 84 valence electrons. The van der Waals surface area contributed by atoms with Gasteiger partial charge in [0.25, 0.3) is 0 Å². The molecule has 1 saturated heterocycles. The summed E-state index contributed by atoms with van der Waals surface area (Å²) in [6.45, 7) is 0.828. The Morgan fingerprint density at radius 1 is 1.25 bits per heavy atom. The standard InChI is InChI=1S/C12H15N3O/c1-14-10-7-13-9-6-4-3-5-8(9)11(10)15(2)12(14)16/h3-6,10-11,13H,7H2,1-2H3. The van der Waals surface area contributed by atoms with Gasteiger partial charge in [0.1, 0.15) is 0 Å². The van der Waals surface area contributed by atoms with Crippen LogP contribution in [-0.2, 0) is 0 Å². The first-order chi connectivity index (χ1) is 7.70. The van der Waals surface area contributed by atoms with E-state index in [0.29, 0.717) is 0 Å². The molecular weight excluding hydrogens is 202 g/mol. The van der Waals surface area contributed by atoms with Crippen molar-refractivity contribution in [2.75, 3.05) is 26.0 Å². The maximum atomic E-state index is 11.9. The van der Waals surface area contributed by atoms with Crippen molar-refractivity contribution in [1.82, 2.24) is 9.80 Å². The molecule has 0 radical (unpaired) electrons. The smallest absolute Gasteiger partial charge is 0.320 e. The average molecular weight is 217 g/mol. The van der Waals surface area contributed by atoms with E-state index in [1.165, 1.54) is 5.56 Å². The van der Waals surface area contributed by atoms with E-state index < -0.39 is 0 Å². The van der Waals surface area contributed by atoms with Gasteiger partial charge in [0.2, 0.25) is 0 Å². The highest BCUT2D eigenvalue weighted by Crippen LogP contribution is 2.39. The van der Waals surface area contributed by atoms with Crippen molar-refractivity contribution in [3.8, 4) is 0 Å². The lowest BCUT2D eigenvalue weighted by molar-refractivity contribution is 0.200. The van der Waals surface area contributed by atoms with Crippen LogP contribution >= 0.6 is 0 Å². The summed E-state index contributed by atoms with van der Waals surface area (Å²) in [7, 11) is 3.75. The van der Waals surface area contributed by atoms with Crippen LogP contribution in [0.1, 0.15) is 11.6 Å². The van der Waals surface area contributed by atoms with Crippen LogP contribution in [0, 0.1) is 0 Å². The van der Waals surface area contributed by atoms with Gasteiger partial charge in [-0.25, -0.2) is 4.79 Å². The normalized spacial score (nSPS) is 27.5. The highest BCUT2D eigenvalue weighted by Gasteiger charge is 2.45. The Kier molecular flexibility index (Phi) is 1.87. The largest absolute Gasteiger partial charge is 0.383 e. The van der Waals surface area contributed by atoms with Gasteiger partial charge in [-0.15, -0.1) is 0 Å². The molecule has 3 rings (SSSR count). The molecule has 1 fully saturated rings. The van der Waals surface area contributed by atoms with Gasteiger partial charge in [0.15, 0.2) is 0 Å². The van der Waals surface area contributed by atoms with Gasteiger partial charge in [0, 0.05) is 26.3 Å². The maximum Gasteiger partial charge on any atom is 0.320 e. The van der Waals surface area contributed by atoms with Crippen molar-refractivity contribution in [3.63, 3.8) is 0 Å². The Balaban J connectivity index is 2.09. The predicted molar refractivity (Wildman–Crippen MR) is 62.4 cm³/mol. The number of nitrogens with zero attached hydrogens (tertiary/aromatic N) is 2. The van der Waals surface area contributed by atoms with Crippen LogP contribution in [0.3, 0.4) is 0 Å². The number of fused-ring (bicyclic) bond motifs is 3. The van der Waals surface area contributed by atoms with Gasteiger partial charge in [-0.2, -0.15) is 0 Å². The first-order valence-corrected chi connectivity index (χ1v) is 5.52. The molecule has 2 aliphatic rings. The number of benzene rings is 1. The third-order valence-electron chi connectivity index (χ3n) is 3.66. The summed E-state index contributed by atoms with van der Waals surface area (Å²) in [5, 5.41) is 3.38. The first kappa shape index (κ1) is 9.51. The van der Waals surface area contributed by atoms with Crippen LogP contribution in [0.25, 0.3) is 0 Å². The third kappa shape index (κ3) is 1.07. The van der Waals surface area contributed by atoms with Crippen LogP contribution in [-0.4, -0.2) is 42.5 Å². The van der Waals surface area contributed by atoms with Crippen LogP contribution in [0.15, 0.2) is 24.3 Å². The predicted octanol–water partition coefficient (Wildman–Crippen LogP) is 1.52. The van der Waals surface area contributed by atoms with Crippen LogP contribution in [0.2, 0.25) is 0 Å². The molecule has 4 nitrogen and oxygen atoms in total. The molecule has 2 aliphatic heterocycles. The fraction of sp³-hybridized carbons (Fsp3) is 0.417. The summed E-state index contributed by atoms with van der Waals surface area (Å²) < 4.78 is 0. The third-order valence-corrected chi connectivity index (χ3v) is 3.66. The van der Waals surface area contributed by atoms with E-state index in [4.69, 9.17) is 0 Å². The molecule has 2 heterocycles. The number of hydrogen-bond acceptors (Lipinski definition) is 2. The zero-order valence-electron chi connectivity index (χ0n) is 9.47. The number of para-hydroxylation sites is 1. The fourth-order valence-electron chi connectivity index (χ4n) is 2.77. The van der Waals surface area contributed by atoms with Crippen molar-refractivity contribution in [2.45, 2.75) is 12.1 Å². The molecule has 0 aromatic heterocycles. The van der Waals surface area contributed by atoms with Gasteiger partial charge >= 0.3 is 6.03 Å². The summed E-state index contributed by atoms with van der Waals surface area (Å²) in [5.74, 6) is 0. The number of hydrogen-bond donors (Lipinski definition) is 1. The Bertz CT molecular complexity index is 446. The van der Waals surface area contributed by atoms with E-state index in [0.717, 1.165) is 12.2 Å². The molecule has 1 aromatic rings. The fourth-order valence-corrected chi connectivity index (χ4v) is 2.77. The maximum absolute atomic E-state index is 11.9. The van der Waals surface area contributed by atoms with Crippen molar-refractivity contribution >= 4 is 11.7 Å². The molecule has 2 atom stereocenters. The number of carbonyl (C=O) groups is 1. The number of carbonyl (C=O) groups excluding carboxylic acids is 1. The van der Waals surface area contributed by atoms with Gasteiger partial charge in [-0.1, -0.05) is 18.2 Å². The zero-order valence-corrected chi connectivity index (χ0v) is 9.47. The Morgan fingerprint density at radius 2 is 2.00 bits per heavy atom. The summed E-state index contributed by atoms with van der Waals surface area (Å²) in [6, 6.07) is 8.76. The van der Waals surface area contributed by atoms with Gasteiger partial charge < -0.3 is 15.1 Å². The number of amides is 2.